The average molecular weight is 458 g/mol. The molecule has 8 nitrogen and oxygen atoms in total. The Balaban J connectivity index is 1.76. The molecule has 0 bridgehead atoms. The molecule has 0 aliphatic heterocycles. The molecule has 2 N–H and O–H groups in total. The van der Waals surface area contributed by atoms with Crippen LogP contribution < -0.4 is 15.8 Å². The van der Waals surface area contributed by atoms with Gasteiger partial charge in [-0.05, 0) is 25.1 Å². The van der Waals surface area contributed by atoms with Gasteiger partial charge in [-0.1, -0.05) is 53.7 Å². The highest BCUT2D eigenvalue weighted by Gasteiger charge is 2.18. The van der Waals surface area contributed by atoms with E-state index in [2.05, 4.69) is 20.5 Å². The first-order valence-corrected chi connectivity index (χ1v) is 10.8. The maximum Gasteiger partial charge on any atom is 0.278 e. The number of H-pyrrole nitrogens is 1. The van der Waals surface area contributed by atoms with Gasteiger partial charge in [0.25, 0.3) is 5.56 Å². The van der Waals surface area contributed by atoms with E-state index in [4.69, 9.17) is 11.6 Å². The van der Waals surface area contributed by atoms with Crippen LogP contribution in [0.2, 0.25) is 5.02 Å². The third-order valence-corrected chi connectivity index (χ3v) is 5.50. The lowest BCUT2D eigenvalue weighted by Gasteiger charge is -2.21. The molecule has 1 heterocycles. The second kappa shape index (κ2) is 10.2. The molecule has 0 fully saturated rings. The zero-order chi connectivity index (χ0) is 22.4. The molecule has 160 valence electrons. The molecule has 10 heteroatoms. The van der Waals surface area contributed by atoms with Crippen molar-refractivity contribution in [1.29, 1.82) is 0 Å². The zero-order valence-corrected chi connectivity index (χ0v) is 18.5. The van der Waals surface area contributed by atoms with Crippen molar-refractivity contribution < 1.29 is 9.59 Å². The third-order valence-electron chi connectivity index (χ3n) is 4.31. The average Bonchev–Trinajstić information content (AvgIpc) is 2.75. The van der Waals surface area contributed by atoms with Crippen LogP contribution in [0.5, 0.6) is 0 Å². The largest absolute Gasteiger partial charge is 0.324 e. The first kappa shape index (κ1) is 22.5. The standard InChI is InChI=1S/C21H20ClN5O3S/c1-3-27(13(2)28)17-11-7-4-8-14(17)19-20(30)24-21(26-25-19)31-12-18(29)23-16-10-6-5-9-15(16)22/h4-11H,3,12H2,1-2H3,(H,23,29)(H,24,26,30). The number of rotatable bonds is 7. The van der Waals surface area contributed by atoms with Gasteiger partial charge in [0.2, 0.25) is 11.8 Å². The van der Waals surface area contributed by atoms with E-state index in [1.54, 1.807) is 53.4 Å². The van der Waals surface area contributed by atoms with Gasteiger partial charge in [0.1, 0.15) is 0 Å². The van der Waals surface area contributed by atoms with Crippen LogP contribution in [0.1, 0.15) is 13.8 Å². The van der Waals surface area contributed by atoms with Crippen LogP contribution in [0.3, 0.4) is 0 Å². The summed E-state index contributed by atoms with van der Waals surface area (Å²) in [6.07, 6.45) is 0. The normalized spacial score (nSPS) is 10.5. The number of carbonyl (C=O) groups excluding carboxylic acids is 2. The number of aromatic amines is 1. The van der Waals surface area contributed by atoms with Gasteiger partial charge in [0.15, 0.2) is 10.9 Å². The number of anilines is 2. The van der Waals surface area contributed by atoms with Crippen molar-refractivity contribution in [3.05, 3.63) is 63.9 Å². The first-order chi connectivity index (χ1) is 14.9. The SMILES string of the molecule is CCN(C(C)=O)c1ccccc1-c1nnc(SCC(=O)Nc2ccccc2Cl)[nH]c1=O. The van der Waals surface area contributed by atoms with Crippen LogP contribution in [0.25, 0.3) is 11.3 Å². The molecule has 0 unspecified atom stereocenters. The lowest BCUT2D eigenvalue weighted by atomic mass is 10.1. The fourth-order valence-electron chi connectivity index (χ4n) is 2.92. The van der Waals surface area contributed by atoms with Crippen LogP contribution in [-0.2, 0) is 9.59 Å². The van der Waals surface area contributed by atoms with Crippen molar-refractivity contribution in [2.24, 2.45) is 0 Å². The monoisotopic (exact) mass is 457 g/mol. The number of nitrogens with zero attached hydrogens (tertiary/aromatic N) is 3. The van der Waals surface area contributed by atoms with Crippen molar-refractivity contribution in [3.63, 3.8) is 0 Å². The van der Waals surface area contributed by atoms with Gasteiger partial charge in [0, 0.05) is 19.0 Å². The van der Waals surface area contributed by atoms with Crippen LogP contribution in [-0.4, -0.2) is 39.3 Å². The van der Waals surface area contributed by atoms with Gasteiger partial charge < -0.3 is 10.2 Å². The summed E-state index contributed by atoms with van der Waals surface area (Å²) in [7, 11) is 0. The maximum atomic E-state index is 12.7. The second-order valence-electron chi connectivity index (χ2n) is 6.41. The number of para-hydroxylation sites is 2. The number of nitrogens with one attached hydrogen (secondary N) is 2. The van der Waals surface area contributed by atoms with Gasteiger partial charge >= 0.3 is 0 Å². The first-order valence-electron chi connectivity index (χ1n) is 9.42. The Labute approximate surface area is 188 Å². The molecule has 0 saturated carbocycles. The van der Waals surface area contributed by atoms with E-state index in [0.29, 0.717) is 28.5 Å². The number of carbonyl (C=O) groups is 2. The minimum Gasteiger partial charge on any atom is -0.324 e. The molecule has 0 aliphatic carbocycles. The molecular formula is C21H20ClN5O3S. The quantitative estimate of drug-likeness (QED) is 0.525. The van der Waals surface area contributed by atoms with Crippen LogP contribution in [0.15, 0.2) is 58.5 Å². The highest BCUT2D eigenvalue weighted by molar-refractivity contribution is 7.99. The van der Waals surface area contributed by atoms with E-state index in [1.807, 2.05) is 6.92 Å². The molecule has 3 rings (SSSR count). The Bertz CT molecular complexity index is 1170. The van der Waals surface area contributed by atoms with Crippen LogP contribution >= 0.6 is 23.4 Å². The molecule has 31 heavy (non-hydrogen) atoms. The smallest absolute Gasteiger partial charge is 0.278 e. The summed E-state index contributed by atoms with van der Waals surface area (Å²) in [5.41, 5.74) is 1.22. The number of benzene rings is 2. The molecule has 3 aromatic rings. The highest BCUT2D eigenvalue weighted by Crippen LogP contribution is 2.28. The second-order valence-corrected chi connectivity index (χ2v) is 7.78. The van der Waals surface area contributed by atoms with Gasteiger partial charge in [-0.15, -0.1) is 10.2 Å². The Morgan fingerprint density at radius 2 is 1.84 bits per heavy atom. The zero-order valence-electron chi connectivity index (χ0n) is 16.9. The van der Waals surface area contributed by atoms with Crippen molar-refractivity contribution >= 4 is 46.6 Å². The number of thioether (sulfide) groups is 1. The van der Waals surface area contributed by atoms with Gasteiger partial charge in [-0.3, -0.25) is 19.4 Å². The summed E-state index contributed by atoms with van der Waals surface area (Å²) < 4.78 is 0. The summed E-state index contributed by atoms with van der Waals surface area (Å²) >= 11 is 7.07. The topological polar surface area (TPSA) is 108 Å². The number of hydrogen-bond acceptors (Lipinski definition) is 6. The molecule has 2 amide bonds. The van der Waals surface area contributed by atoms with E-state index in [1.165, 1.54) is 6.92 Å². The van der Waals surface area contributed by atoms with E-state index < -0.39 is 5.56 Å². The minimum atomic E-state index is -0.462. The number of hydrogen-bond donors (Lipinski definition) is 2. The summed E-state index contributed by atoms with van der Waals surface area (Å²) in [6.45, 7) is 3.76. The molecule has 0 aliphatic rings. The highest BCUT2D eigenvalue weighted by atomic mass is 35.5. The van der Waals surface area contributed by atoms with Crippen molar-refractivity contribution in [1.82, 2.24) is 15.2 Å². The Kier molecular flexibility index (Phi) is 7.43. The number of halogens is 1. The van der Waals surface area contributed by atoms with Crippen LogP contribution in [0, 0.1) is 0 Å². The molecule has 1 aromatic heterocycles. The Hall–Kier alpha value is -3.17. The van der Waals surface area contributed by atoms with Gasteiger partial charge in [-0.25, -0.2) is 0 Å². The van der Waals surface area contributed by atoms with Crippen molar-refractivity contribution in [2.75, 3.05) is 22.5 Å². The van der Waals surface area contributed by atoms with Crippen LogP contribution in [0.4, 0.5) is 11.4 Å². The van der Waals surface area contributed by atoms with E-state index in [0.717, 1.165) is 11.8 Å². The maximum absolute atomic E-state index is 12.7. The van der Waals surface area contributed by atoms with Crippen molar-refractivity contribution in [2.45, 2.75) is 19.0 Å². The summed E-state index contributed by atoms with van der Waals surface area (Å²) in [5, 5.41) is 11.4. The molecule has 0 saturated heterocycles. The summed E-state index contributed by atoms with van der Waals surface area (Å²) in [6, 6.07) is 13.9. The van der Waals surface area contributed by atoms with Gasteiger partial charge in [-0.2, -0.15) is 0 Å². The molecule has 2 aromatic carbocycles. The fraction of sp³-hybridized carbons (Fsp3) is 0.190. The predicted octanol–water partition coefficient (Wildman–Crippen LogP) is 3.59. The Morgan fingerprint density at radius 1 is 1.13 bits per heavy atom. The molecule has 0 atom stereocenters. The van der Waals surface area contributed by atoms with E-state index in [9.17, 15) is 14.4 Å². The number of aromatic nitrogens is 3. The predicted molar refractivity (Wildman–Crippen MR) is 123 cm³/mol. The van der Waals surface area contributed by atoms with E-state index in [-0.39, 0.29) is 28.4 Å². The molecule has 0 spiro atoms. The summed E-state index contributed by atoms with van der Waals surface area (Å²) in [5.74, 6) is -0.425. The lowest BCUT2D eigenvalue weighted by molar-refractivity contribution is -0.116. The number of amides is 2. The third kappa shape index (κ3) is 5.50. The summed E-state index contributed by atoms with van der Waals surface area (Å²) in [4.78, 5) is 41.0. The molecule has 0 radical (unpaired) electrons. The van der Waals surface area contributed by atoms with Crippen molar-refractivity contribution in [3.8, 4) is 11.3 Å². The van der Waals surface area contributed by atoms with Gasteiger partial charge in [0.05, 0.1) is 22.2 Å². The lowest BCUT2D eigenvalue weighted by Crippen LogP contribution is -2.29. The van der Waals surface area contributed by atoms with E-state index >= 15 is 0 Å². The Morgan fingerprint density at radius 3 is 2.52 bits per heavy atom. The molecular weight excluding hydrogens is 438 g/mol. The minimum absolute atomic E-state index is 0.0136. The fourth-order valence-corrected chi connectivity index (χ4v) is 3.70.